The Morgan fingerprint density at radius 1 is 1.08 bits per heavy atom. The Kier molecular flexibility index (Phi) is 3.93. The monoisotopic (exact) mass is 328 g/mol. The number of carbonyl (C=O) groups is 1. The molecule has 0 heterocycles. The molecule has 0 radical (unpaired) electrons. The van der Waals surface area contributed by atoms with Crippen LogP contribution in [0, 0.1) is 31.6 Å². The molecule has 1 aromatic rings. The molecule has 4 aliphatic rings. The van der Waals surface area contributed by atoms with E-state index < -0.39 is 0 Å². The smallest absolute Gasteiger partial charge is 0.317 e. The molecule has 4 aliphatic carbocycles. The summed E-state index contributed by atoms with van der Waals surface area (Å²) in [6, 6.07) is 5.91. The number of benzene rings is 1. The zero-order valence-corrected chi connectivity index (χ0v) is 14.7. The standard InChI is InChI=1S/C20H28N2O2/c1-13-3-4-18(5-14(13)2)24-12-21-19(23)22-20-9-15-6-16(10-20)8-17(7-15)11-20/h3-5,15-17H,6-12H2,1-2H3,(H2,21,22,23). The molecule has 0 unspecified atom stereocenters. The molecule has 4 nitrogen and oxygen atoms in total. The summed E-state index contributed by atoms with van der Waals surface area (Å²) >= 11 is 0. The van der Waals surface area contributed by atoms with Gasteiger partial charge in [-0.25, -0.2) is 4.79 Å². The number of amides is 2. The molecule has 2 N–H and O–H groups in total. The molecule has 4 fully saturated rings. The van der Waals surface area contributed by atoms with Gasteiger partial charge in [0.15, 0.2) is 6.73 Å². The Hall–Kier alpha value is -1.71. The quantitative estimate of drug-likeness (QED) is 0.823. The highest BCUT2D eigenvalue weighted by Gasteiger charge is 2.51. The van der Waals surface area contributed by atoms with Crippen LogP contribution < -0.4 is 15.4 Å². The molecule has 4 bridgehead atoms. The molecule has 4 saturated carbocycles. The van der Waals surface area contributed by atoms with Crippen LogP contribution in [0.4, 0.5) is 4.79 Å². The van der Waals surface area contributed by atoms with Crippen LogP contribution in [0.3, 0.4) is 0 Å². The van der Waals surface area contributed by atoms with Crippen molar-refractivity contribution in [2.75, 3.05) is 6.73 Å². The third-order valence-electron chi connectivity index (χ3n) is 6.37. The van der Waals surface area contributed by atoms with Crippen LogP contribution in [0.25, 0.3) is 0 Å². The predicted molar refractivity (Wildman–Crippen MR) is 94.0 cm³/mol. The van der Waals surface area contributed by atoms with Crippen LogP contribution in [-0.2, 0) is 0 Å². The van der Waals surface area contributed by atoms with Crippen molar-refractivity contribution in [3.05, 3.63) is 29.3 Å². The molecule has 130 valence electrons. The van der Waals surface area contributed by atoms with Gasteiger partial charge >= 0.3 is 6.03 Å². The highest BCUT2D eigenvalue weighted by atomic mass is 16.5. The Bertz CT molecular complexity index is 605. The molecule has 1 aromatic carbocycles. The van der Waals surface area contributed by atoms with Gasteiger partial charge in [-0.05, 0) is 93.4 Å². The number of urea groups is 1. The van der Waals surface area contributed by atoms with E-state index >= 15 is 0 Å². The zero-order valence-electron chi connectivity index (χ0n) is 14.7. The van der Waals surface area contributed by atoms with E-state index in [1.165, 1.54) is 49.7 Å². The first kappa shape index (κ1) is 15.8. The second kappa shape index (κ2) is 5.98. The lowest BCUT2D eigenvalue weighted by atomic mass is 9.53. The first-order valence-corrected chi connectivity index (χ1v) is 9.27. The topological polar surface area (TPSA) is 50.4 Å². The zero-order chi connectivity index (χ0) is 16.7. The lowest BCUT2D eigenvalue weighted by Gasteiger charge is -2.56. The summed E-state index contributed by atoms with van der Waals surface area (Å²) in [5.74, 6) is 3.31. The van der Waals surface area contributed by atoms with Gasteiger partial charge in [-0.15, -0.1) is 0 Å². The highest BCUT2D eigenvalue weighted by molar-refractivity contribution is 5.74. The lowest BCUT2D eigenvalue weighted by molar-refractivity contribution is -0.0137. The third kappa shape index (κ3) is 3.11. The van der Waals surface area contributed by atoms with Crippen molar-refractivity contribution in [3.63, 3.8) is 0 Å². The van der Waals surface area contributed by atoms with Gasteiger partial charge < -0.3 is 15.4 Å². The Balaban J connectivity index is 1.28. The average Bonchev–Trinajstić information content (AvgIpc) is 2.49. The third-order valence-corrected chi connectivity index (χ3v) is 6.37. The summed E-state index contributed by atoms with van der Waals surface area (Å²) in [6.07, 6.45) is 7.68. The minimum Gasteiger partial charge on any atom is -0.473 e. The fourth-order valence-electron chi connectivity index (χ4n) is 5.54. The molecule has 5 rings (SSSR count). The molecule has 0 atom stereocenters. The van der Waals surface area contributed by atoms with Crippen molar-refractivity contribution in [3.8, 4) is 5.75 Å². The number of hydrogen-bond acceptors (Lipinski definition) is 2. The molecule has 0 spiro atoms. The van der Waals surface area contributed by atoms with Gasteiger partial charge in [0.2, 0.25) is 0 Å². The first-order valence-electron chi connectivity index (χ1n) is 9.27. The molecular formula is C20H28N2O2. The molecule has 0 aliphatic heterocycles. The molecule has 0 aromatic heterocycles. The molecule has 24 heavy (non-hydrogen) atoms. The van der Waals surface area contributed by atoms with Gasteiger partial charge in [0.25, 0.3) is 0 Å². The minimum absolute atomic E-state index is 0.0548. The second-order valence-corrected chi connectivity index (χ2v) is 8.36. The van der Waals surface area contributed by atoms with Gasteiger partial charge in [0.1, 0.15) is 5.75 Å². The largest absolute Gasteiger partial charge is 0.473 e. The Morgan fingerprint density at radius 2 is 1.71 bits per heavy atom. The van der Waals surface area contributed by atoms with E-state index in [0.717, 1.165) is 23.5 Å². The molecular weight excluding hydrogens is 300 g/mol. The highest BCUT2D eigenvalue weighted by Crippen LogP contribution is 2.55. The average molecular weight is 328 g/mol. The van der Waals surface area contributed by atoms with Crippen molar-refractivity contribution in [1.29, 1.82) is 0 Å². The maximum atomic E-state index is 12.3. The van der Waals surface area contributed by atoms with Gasteiger partial charge in [-0.2, -0.15) is 0 Å². The van der Waals surface area contributed by atoms with Crippen molar-refractivity contribution in [2.24, 2.45) is 17.8 Å². The fraction of sp³-hybridized carbons (Fsp3) is 0.650. The summed E-state index contributed by atoms with van der Waals surface area (Å²) in [6.45, 7) is 4.35. The second-order valence-electron chi connectivity index (χ2n) is 8.36. The van der Waals surface area contributed by atoms with Crippen molar-refractivity contribution >= 4 is 6.03 Å². The minimum atomic E-state index is -0.0826. The maximum Gasteiger partial charge on any atom is 0.317 e. The van der Waals surface area contributed by atoms with Crippen LogP contribution in [-0.4, -0.2) is 18.3 Å². The SMILES string of the molecule is Cc1ccc(OCNC(=O)NC23CC4CC(CC(C4)C2)C3)cc1C. The van der Waals surface area contributed by atoms with E-state index in [1.54, 1.807) is 0 Å². The number of hydrogen-bond donors (Lipinski definition) is 2. The number of ether oxygens (including phenoxy) is 1. The number of rotatable bonds is 4. The summed E-state index contributed by atoms with van der Waals surface area (Å²) in [5, 5.41) is 6.17. The predicted octanol–water partition coefficient (Wildman–Crippen LogP) is 3.91. The normalized spacial score (nSPS) is 33.3. The van der Waals surface area contributed by atoms with E-state index in [9.17, 15) is 4.79 Å². The molecule has 0 saturated heterocycles. The van der Waals surface area contributed by atoms with Gasteiger partial charge in [0.05, 0.1) is 0 Å². The van der Waals surface area contributed by atoms with E-state index in [2.05, 4.69) is 24.5 Å². The number of nitrogens with one attached hydrogen (secondary N) is 2. The molecule has 2 amide bonds. The summed E-state index contributed by atoms with van der Waals surface area (Å²) in [4.78, 5) is 12.3. The number of aryl methyl sites for hydroxylation is 2. The summed E-state index contributed by atoms with van der Waals surface area (Å²) in [7, 11) is 0. The maximum absolute atomic E-state index is 12.3. The summed E-state index contributed by atoms with van der Waals surface area (Å²) in [5.41, 5.74) is 2.50. The van der Waals surface area contributed by atoms with Gasteiger partial charge in [-0.1, -0.05) is 6.07 Å². The lowest BCUT2D eigenvalue weighted by Crippen LogP contribution is -2.61. The van der Waals surface area contributed by atoms with Crippen molar-refractivity contribution in [2.45, 2.75) is 57.9 Å². The molecule has 4 heteroatoms. The fourth-order valence-corrected chi connectivity index (χ4v) is 5.54. The van der Waals surface area contributed by atoms with E-state index in [4.69, 9.17) is 4.74 Å². The Labute approximate surface area is 144 Å². The van der Waals surface area contributed by atoms with E-state index in [0.29, 0.717) is 0 Å². The van der Waals surface area contributed by atoms with Crippen molar-refractivity contribution < 1.29 is 9.53 Å². The van der Waals surface area contributed by atoms with Crippen LogP contribution in [0.1, 0.15) is 49.7 Å². The van der Waals surface area contributed by atoms with Crippen LogP contribution in [0.2, 0.25) is 0 Å². The summed E-state index contributed by atoms with van der Waals surface area (Å²) < 4.78 is 5.66. The van der Waals surface area contributed by atoms with Crippen LogP contribution >= 0.6 is 0 Å². The van der Waals surface area contributed by atoms with Crippen LogP contribution in [0.5, 0.6) is 5.75 Å². The van der Waals surface area contributed by atoms with Gasteiger partial charge in [-0.3, -0.25) is 0 Å². The van der Waals surface area contributed by atoms with E-state index in [-0.39, 0.29) is 18.3 Å². The Morgan fingerprint density at radius 3 is 2.29 bits per heavy atom. The first-order chi connectivity index (χ1) is 11.5. The number of carbonyl (C=O) groups excluding carboxylic acids is 1. The van der Waals surface area contributed by atoms with Crippen molar-refractivity contribution in [1.82, 2.24) is 10.6 Å². The van der Waals surface area contributed by atoms with Crippen LogP contribution in [0.15, 0.2) is 18.2 Å². The van der Waals surface area contributed by atoms with Gasteiger partial charge in [0, 0.05) is 5.54 Å². The van der Waals surface area contributed by atoms with E-state index in [1.807, 2.05) is 18.2 Å².